The molecule has 3 heterocycles. The lowest BCUT2D eigenvalue weighted by Gasteiger charge is -2.50. The quantitative estimate of drug-likeness (QED) is 0.786. The molecule has 0 unspecified atom stereocenters. The van der Waals surface area contributed by atoms with Gasteiger partial charge in [-0.1, -0.05) is 6.42 Å². The van der Waals surface area contributed by atoms with E-state index in [-0.39, 0.29) is 11.4 Å². The molecule has 0 atom stereocenters. The smallest absolute Gasteiger partial charge is 0.224 e. The first-order valence-electron chi connectivity index (χ1n) is 10.9. The van der Waals surface area contributed by atoms with Gasteiger partial charge in [0.25, 0.3) is 0 Å². The van der Waals surface area contributed by atoms with Crippen LogP contribution < -0.4 is 10.1 Å². The van der Waals surface area contributed by atoms with Crippen LogP contribution in [0.3, 0.4) is 0 Å². The molecule has 1 aromatic carbocycles. The highest BCUT2D eigenvalue weighted by molar-refractivity contribution is 5.89. The summed E-state index contributed by atoms with van der Waals surface area (Å²) in [7, 11) is 3.87. The Morgan fingerprint density at radius 2 is 1.93 bits per heavy atom. The minimum atomic E-state index is 0.101. The summed E-state index contributed by atoms with van der Waals surface area (Å²) in [6.07, 6.45) is 8.50. The second-order valence-electron chi connectivity index (χ2n) is 8.75. The lowest BCUT2D eigenvalue weighted by Crippen LogP contribution is -2.61. The molecule has 29 heavy (non-hydrogen) atoms. The highest BCUT2D eigenvalue weighted by atomic mass is 16.5. The molecule has 0 spiro atoms. The van der Waals surface area contributed by atoms with E-state index in [0.717, 1.165) is 54.7 Å². The topological polar surface area (TPSA) is 60.6 Å². The number of H-pyrrole nitrogens is 1. The number of hydrogen-bond acceptors (Lipinski definition) is 4. The van der Waals surface area contributed by atoms with E-state index in [1.807, 2.05) is 24.4 Å². The molecular weight excluding hydrogens is 364 g/mol. The predicted octanol–water partition coefficient (Wildman–Crippen LogP) is 2.79. The van der Waals surface area contributed by atoms with Crippen LogP contribution in [0.4, 0.5) is 0 Å². The number of methoxy groups -OCH3 is 1. The van der Waals surface area contributed by atoms with E-state index in [9.17, 15) is 4.79 Å². The van der Waals surface area contributed by atoms with Crippen molar-refractivity contribution in [3.05, 3.63) is 30.0 Å². The van der Waals surface area contributed by atoms with Crippen molar-refractivity contribution >= 4 is 16.8 Å². The van der Waals surface area contributed by atoms with Gasteiger partial charge in [0.15, 0.2) is 0 Å². The summed E-state index contributed by atoms with van der Waals surface area (Å²) in [4.78, 5) is 21.2. The maximum Gasteiger partial charge on any atom is 0.224 e. The van der Waals surface area contributed by atoms with Crippen LogP contribution in [0.25, 0.3) is 10.9 Å². The van der Waals surface area contributed by atoms with Gasteiger partial charge in [0, 0.05) is 29.2 Å². The van der Waals surface area contributed by atoms with Crippen molar-refractivity contribution in [3.63, 3.8) is 0 Å². The first-order chi connectivity index (χ1) is 14.1. The number of nitrogens with zero attached hydrogens (tertiary/aromatic N) is 2. The van der Waals surface area contributed by atoms with Gasteiger partial charge >= 0.3 is 0 Å². The maximum atomic E-state index is 12.9. The number of benzene rings is 1. The van der Waals surface area contributed by atoms with Crippen LogP contribution in [0.2, 0.25) is 0 Å². The third kappa shape index (κ3) is 4.43. The first kappa shape index (κ1) is 20.2. The normalized spacial score (nSPS) is 20.6. The van der Waals surface area contributed by atoms with Crippen LogP contribution in [-0.4, -0.2) is 73.1 Å². The standard InChI is InChI=1S/C23H34N4O2/c1-26-12-8-23(9-13-26,27-10-4-3-5-11-27)17-25-22(28)14-18-16-24-21-7-6-19(29-2)15-20(18)21/h6-7,15-16,24H,3-5,8-14,17H2,1-2H3,(H,25,28). The molecule has 2 aromatic rings. The van der Waals surface area contributed by atoms with Crippen LogP contribution in [0, 0.1) is 0 Å². The first-order valence-corrected chi connectivity index (χ1v) is 10.9. The number of carbonyl (C=O) groups excluding carboxylic acids is 1. The molecule has 2 N–H and O–H groups in total. The second kappa shape index (κ2) is 8.76. The molecule has 2 aliphatic heterocycles. The van der Waals surface area contributed by atoms with Crippen LogP contribution in [0.5, 0.6) is 5.75 Å². The van der Waals surface area contributed by atoms with Gasteiger partial charge in [0.1, 0.15) is 5.75 Å². The Balaban J connectivity index is 1.43. The van der Waals surface area contributed by atoms with E-state index >= 15 is 0 Å². The summed E-state index contributed by atoms with van der Waals surface area (Å²) in [5.41, 5.74) is 2.17. The van der Waals surface area contributed by atoms with Crippen molar-refractivity contribution in [2.24, 2.45) is 0 Å². The molecule has 0 bridgehead atoms. The number of likely N-dealkylation sites (tertiary alicyclic amines) is 2. The molecule has 6 nitrogen and oxygen atoms in total. The van der Waals surface area contributed by atoms with Crippen molar-refractivity contribution in [1.82, 2.24) is 20.1 Å². The number of aromatic nitrogens is 1. The van der Waals surface area contributed by atoms with Gasteiger partial charge in [0.2, 0.25) is 5.91 Å². The van der Waals surface area contributed by atoms with Crippen LogP contribution in [0.1, 0.15) is 37.7 Å². The van der Waals surface area contributed by atoms with Crippen LogP contribution in [0.15, 0.2) is 24.4 Å². The van der Waals surface area contributed by atoms with E-state index in [0.29, 0.717) is 6.42 Å². The van der Waals surface area contributed by atoms with E-state index in [4.69, 9.17) is 4.74 Å². The summed E-state index contributed by atoms with van der Waals surface area (Å²) in [6.45, 7) is 5.30. The van der Waals surface area contributed by atoms with Gasteiger partial charge < -0.3 is 19.9 Å². The zero-order valence-corrected chi connectivity index (χ0v) is 17.8. The molecule has 1 amide bonds. The molecule has 1 aromatic heterocycles. The number of rotatable bonds is 6. The molecule has 158 valence electrons. The SMILES string of the molecule is COc1ccc2[nH]cc(CC(=O)NCC3(N4CCCCC4)CCN(C)CC3)c2c1. The second-order valence-corrected chi connectivity index (χ2v) is 8.75. The lowest BCUT2D eigenvalue weighted by atomic mass is 9.84. The largest absolute Gasteiger partial charge is 0.497 e. The molecule has 6 heteroatoms. The predicted molar refractivity (Wildman–Crippen MR) is 116 cm³/mol. The van der Waals surface area contributed by atoms with Gasteiger partial charge in [-0.25, -0.2) is 0 Å². The Morgan fingerprint density at radius 3 is 2.66 bits per heavy atom. The Bertz CT molecular complexity index is 833. The number of hydrogen-bond donors (Lipinski definition) is 2. The fraction of sp³-hybridized carbons (Fsp3) is 0.609. The minimum Gasteiger partial charge on any atom is -0.497 e. The average molecular weight is 399 g/mol. The van der Waals surface area contributed by atoms with Gasteiger partial charge in [-0.3, -0.25) is 9.69 Å². The fourth-order valence-corrected chi connectivity index (χ4v) is 4.94. The van der Waals surface area contributed by atoms with Crippen molar-refractivity contribution in [1.29, 1.82) is 0 Å². The monoisotopic (exact) mass is 398 g/mol. The Morgan fingerprint density at radius 1 is 1.17 bits per heavy atom. The van der Waals surface area contributed by atoms with Crippen molar-refractivity contribution in [2.45, 2.75) is 44.1 Å². The summed E-state index contributed by atoms with van der Waals surface area (Å²) < 4.78 is 5.34. The van der Waals surface area contributed by atoms with Gasteiger partial charge in [-0.15, -0.1) is 0 Å². The van der Waals surface area contributed by atoms with Crippen molar-refractivity contribution in [3.8, 4) is 5.75 Å². The van der Waals surface area contributed by atoms with E-state index in [1.54, 1.807) is 7.11 Å². The van der Waals surface area contributed by atoms with E-state index in [1.165, 1.54) is 32.4 Å². The Hall–Kier alpha value is -2.05. The van der Waals surface area contributed by atoms with Gasteiger partial charge in [0.05, 0.1) is 13.5 Å². The fourth-order valence-electron chi connectivity index (χ4n) is 4.94. The third-order valence-corrected chi connectivity index (χ3v) is 6.88. The summed E-state index contributed by atoms with van der Waals surface area (Å²) in [5, 5.41) is 4.35. The Kier molecular flexibility index (Phi) is 6.11. The number of carbonyl (C=O) groups is 1. The molecule has 2 saturated heterocycles. The molecule has 0 saturated carbocycles. The third-order valence-electron chi connectivity index (χ3n) is 6.88. The number of ether oxygens (including phenoxy) is 1. The number of amides is 1. The minimum absolute atomic E-state index is 0.101. The summed E-state index contributed by atoms with van der Waals surface area (Å²) in [5.74, 6) is 0.915. The van der Waals surface area contributed by atoms with Crippen molar-refractivity contribution in [2.75, 3.05) is 46.9 Å². The zero-order chi connectivity index (χ0) is 20.3. The van der Waals surface area contributed by atoms with Crippen LogP contribution >= 0.6 is 0 Å². The number of piperidine rings is 2. The molecular formula is C23H34N4O2. The van der Waals surface area contributed by atoms with Crippen LogP contribution in [-0.2, 0) is 11.2 Å². The zero-order valence-electron chi connectivity index (χ0n) is 17.8. The van der Waals surface area contributed by atoms with E-state index < -0.39 is 0 Å². The van der Waals surface area contributed by atoms with Crippen molar-refractivity contribution < 1.29 is 9.53 Å². The molecule has 2 aliphatic rings. The summed E-state index contributed by atoms with van der Waals surface area (Å²) in [6, 6.07) is 5.94. The average Bonchev–Trinajstić information content (AvgIpc) is 3.16. The molecule has 4 rings (SSSR count). The molecule has 0 radical (unpaired) electrons. The summed E-state index contributed by atoms with van der Waals surface area (Å²) >= 11 is 0. The number of fused-ring (bicyclic) bond motifs is 1. The maximum absolute atomic E-state index is 12.9. The highest BCUT2D eigenvalue weighted by Gasteiger charge is 2.39. The molecule has 2 fully saturated rings. The Labute approximate surface area is 173 Å². The van der Waals surface area contributed by atoms with E-state index in [2.05, 4.69) is 27.1 Å². The number of aromatic amines is 1. The molecule has 0 aliphatic carbocycles. The lowest BCUT2D eigenvalue weighted by molar-refractivity contribution is -0.121. The number of nitrogens with one attached hydrogen (secondary N) is 2. The highest BCUT2D eigenvalue weighted by Crippen LogP contribution is 2.31. The van der Waals surface area contributed by atoms with Gasteiger partial charge in [-0.2, -0.15) is 0 Å². The van der Waals surface area contributed by atoms with Gasteiger partial charge in [-0.05, 0) is 82.7 Å².